The van der Waals surface area contributed by atoms with Gasteiger partial charge in [-0.1, -0.05) is 66.7 Å². The van der Waals surface area contributed by atoms with Crippen LogP contribution in [-0.4, -0.2) is 72.7 Å². The summed E-state index contributed by atoms with van der Waals surface area (Å²) in [6, 6.07) is 22.5. The summed E-state index contributed by atoms with van der Waals surface area (Å²) in [6.07, 6.45) is 0.0101. The molecule has 0 radical (unpaired) electrons. The molecule has 10 nitrogen and oxygen atoms in total. The van der Waals surface area contributed by atoms with Gasteiger partial charge in [-0.3, -0.25) is 14.5 Å². The summed E-state index contributed by atoms with van der Waals surface area (Å²) in [5.74, 6) is -1.09. The van der Waals surface area contributed by atoms with Gasteiger partial charge in [0.1, 0.15) is 25.3 Å². The average Bonchev–Trinajstić information content (AvgIpc) is 3.00. The van der Waals surface area contributed by atoms with Crippen LogP contribution >= 0.6 is 0 Å². The molecular weight excluding hydrogens is 538 g/mol. The van der Waals surface area contributed by atoms with Crippen LogP contribution in [0.3, 0.4) is 0 Å². The van der Waals surface area contributed by atoms with Crippen molar-refractivity contribution in [3.05, 3.63) is 95.6 Å². The van der Waals surface area contributed by atoms with Gasteiger partial charge in [0, 0.05) is 19.5 Å². The van der Waals surface area contributed by atoms with Crippen molar-refractivity contribution in [2.24, 2.45) is 0 Å². The molecule has 2 atom stereocenters. The van der Waals surface area contributed by atoms with E-state index in [2.05, 4.69) is 10.6 Å². The molecule has 2 amide bonds. The first-order valence-electron chi connectivity index (χ1n) is 14.0. The number of ether oxygens (including phenoxy) is 3. The van der Waals surface area contributed by atoms with Crippen LogP contribution in [0.4, 0.5) is 0 Å². The number of nitrogens with zero attached hydrogens (tertiary/aromatic N) is 1. The standard InChI is InChI=1S/C32H37N3O7/c1-23(33-30(36)20-35-14-16-40-17-15-35)31(37)34-27(32(38)39)18-26-12-13-28(41-21-24-8-4-2-5-9-24)29(19-26)42-22-25-10-6-3-7-11-25/h2-13,19,23,27H,14-18,20-22H2,1H3,(H,33,36)(H,34,37)(H,38,39)/t23-,27-/m0/s1. The van der Waals surface area contributed by atoms with Crippen molar-refractivity contribution in [2.75, 3.05) is 32.8 Å². The van der Waals surface area contributed by atoms with E-state index >= 15 is 0 Å². The van der Waals surface area contributed by atoms with E-state index in [0.29, 0.717) is 56.6 Å². The van der Waals surface area contributed by atoms with Crippen LogP contribution in [0.1, 0.15) is 23.6 Å². The average molecular weight is 576 g/mol. The third-order valence-electron chi connectivity index (χ3n) is 6.78. The number of carbonyl (C=O) groups is 3. The summed E-state index contributed by atoms with van der Waals surface area (Å²) in [5.41, 5.74) is 2.61. The Morgan fingerprint density at radius 2 is 1.43 bits per heavy atom. The zero-order valence-corrected chi connectivity index (χ0v) is 23.7. The second-order valence-electron chi connectivity index (χ2n) is 10.1. The molecule has 0 saturated carbocycles. The number of carboxylic acid groups (broad SMARTS) is 1. The number of benzene rings is 3. The topological polar surface area (TPSA) is 126 Å². The van der Waals surface area contributed by atoms with Gasteiger partial charge in [-0.15, -0.1) is 0 Å². The molecule has 1 heterocycles. The smallest absolute Gasteiger partial charge is 0.326 e. The molecule has 4 rings (SSSR count). The third-order valence-corrected chi connectivity index (χ3v) is 6.78. The zero-order valence-electron chi connectivity index (χ0n) is 23.7. The minimum Gasteiger partial charge on any atom is -0.485 e. The lowest BCUT2D eigenvalue weighted by Crippen LogP contribution is -2.53. The Morgan fingerprint density at radius 3 is 2.02 bits per heavy atom. The van der Waals surface area contributed by atoms with Crippen LogP contribution in [0.2, 0.25) is 0 Å². The summed E-state index contributed by atoms with van der Waals surface area (Å²) in [5, 5.41) is 15.1. The Labute approximate surface area is 245 Å². The second-order valence-corrected chi connectivity index (χ2v) is 10.1. The molecule has 1 aliphatic rings. The molecular formula is C32H37N3O7. The van der Waals surface area contributed by atoms with Crippen molar-refractivity contribution in [3.8, 4) is 11.5 Å². The van der Waals surface area contributed by atoms with Gasteiger partial charge in [0.05, 0.1) is 19.8 Å². The number of hydrogen-bond acceptors (Lipinski definition) is 7. The normalized spacial score (nSPS) is 14.8. The second kappa shape index (κ2) is 15.6. The quantitative estimate of drug-likeness (QED) is 0.268. The minimum atomic E-state index is -1.21. The van der Waals surface area contributed by atoms with Crippen molar-refractivity contribution in [1.82, 2.24) is 15.5 Å². The van der Waals surface area contributed by atoms with Crippen LogP contribution in [0.15, 0.2) is 78.9 Å². The van der Waals surface area contributed by atoms with Gasteiger partial charge in [-0.2, -0.15) is 0 Å². The highest BCUT2D eigenvalue weighted by Crippen LogP contribution is 2.30. The number of amides is 2. The maximum absolute atomic E-state index is 12.8. The molecule has 0 aromatic heterocycles. The fourth-order valence-electron chi connectivity index (χ4n) is 4.43. The maximum Gasteiger partial charge on any atom is 0.326 e. The zero-order chi connectivity index (χ0) is 29.7. The van der Waals surface area contributed by atoms with Crippen LogP contribution < -0.4 is 20.1 Å². The van der Waals surface area contributed by atoms with Crippen LogP contribution in [0.5, 0.6) is 11.5 Å². The van der Waals surface area contributed by atoms with Gasteiger partial charge in [0.15, 0.2) is 11.5 Å². The van der Waals surface area contributed by atoms with Gasteiger partial charge in [0.2, 0.25) is 11.8 Å². The molecule has 222 valence electrons. The summed E-state index contributed by atoms with van der Waals surface area (Å²) < 4.78 is 17.4. The maximum atomic E-state index is 12.8. The van der Waals surface area contributed by atoms with E-state index in [-0.39, 0.29) is 18.9 Å². The number of hydrogen-bond donors (Lipinski definition) is 3. The van der Waals surface area contributed by atoms with Crippen molar-refractivity contribution in [2.45, 2.75) is 38.6 Å². The molecule has 3 aromatic rings. The molecule has 1 aliphatic heterocycles. The number of aliphatic carboxylic acids is 1. The van der Waals surface area contributed by atoms with Gasteiger partial charge in [0.25, 0.3) is 0 Å². The molecule has 0 bridgehead atoms. The fourth-order valence-corrected chi connectivity index (χ4v) is 4.43. The molecule has 3 N–H and O–H groups in total. The fraction of sp³-hybridized carbons (Fsp3) is 0.344. The van der Waals surface area contributed by atoms with E-state index < -0.39 is 24.0 Å². The van der Waals surface area contributed by atoms with Gasteiger partial charge < -0.3 is 30.0 Å². The summed E-state index contributed by atoms with van der Waals surface area (Å²) >= 11 is 0. The Morgan fingerprint density at radius 1 is 0.833 bits per heavy atom. The summed E-state index contributed by atoms with van der Waals surface area (Å²) in [4.78, 5) is 39.2. The molecule has 42 heavy (non-hydrogen) atoms. The van der Waals surface area contributed by atoms with E-state index in [0.717, 1.165) is 11.1 Å². The van der Waals surface area contributed by atoms with Crippen LogP contribution in [0.25, 0.3) is 0 Å². The first kappa shape index (κ1) is 30.5. The molecule has 3 aromatic carbocycles. The largest absolute Gasteiger partial charge is 0.485 e. The number of morpholine rings is 1. The van der Waals surface area contributed by atoms with Crippen molar-refractivity contribution >= 4 is 17.8 Å². The third kappa shape index (κ3) is 9.60. The predicted molar refractivity (Wildman–Crippen MR) is 156 cm³/mol. The number of carboxylic acids is 1. The number of nitrogens with one attached hydrogen (secondary N) is 2. The highest BCUT2D eigenvalue weighted by molar-refractivity contribution is 5.90. The van der Waals surface area contributed by atoms with E-state index in [1.807, 2.05) is 65.6 Å². The molecule has 1 fully saturated rings. The Balaban J connectivity index is 1.40. The highest BCUT2D eigenvalue weighted by atomic mass is 16.5. The molecule has 1 saturated heterocycles. The summed E-state index contributed by atoms with van der Waals surface area (Å²) in [7, 11) is 0. The Bertz CT molecular complexity index is 1310. The monoisotopic (exact) mass is 575 g/mol. The van der Waals surface area contributed by atoms with Crippen LogP contribution in [-0.2, 0) is 38.8 Å². The number of carbonyl (C=O) groups excluding carboxylic acids is 2. The van der Waals surface area contributed by atoms with E-state index in [1.54, 1.807) is 18.2 Å². The van der Waals surface area contributed by atoms with E-state index in [1.165, 1.54) is 6.92 Å². The lowest BCUT2D eigenvalue weighted by molar-refractivity contribution is -0.142. The molecule has 0 aliphatic carbocycles. The van der Waals surface area contributed by atoms with Gasteiger partial charge >= 0.3 is 5.97 Å². The molecule has 0 unspecified atom stereocenters. The Hall–Kier alpha value is -4.41. The highest BCUT2D eigenvalue weighted by Gasteiger charge is 2.25. The van der Waals surface area contributed by atoms with Crippen LogP contribution in [0, 0.1) is 0 Å². The lowest BCUT2D eigenvalue weighted by Gasteiger charge is -2.26. The first-order chi connectivity index (χ1) is 20.4. The lowest BCUT2D eigenvalue weighted by atomic mass is 10.0. The van der Waals surface area contributed by atoms with Crippen molar-refractivity contribution < 1.29 is 33.7 Å². The molecule has 10 heteroatoms. The molecule has 0 spiro atoms. The van der Waals surface area contributed by atoms with Crippen molar-refractivity contribution in [1.29, 1.82) is 0 Å². The predicted octanol–water partition coefficient (Wildman–Crippen LogP) is 2.79. The van der Waals surface area contributed by atoms with E-state index in [9.17, 15) is 19.5 Å². The van der Waals surface area contributed by atoms with Gasteiger partial charge in [-0.05, 0) is 35.7 Å². The Kier molecular flexibility index (Phi) is 11.3. The number of rotatable bonds is 14. The summed E-state index contributed by atoms with van der Waals surface area (Å²) in [6.45, 7) is 4.71. The SMILES string of the molecule is C[C@H](NC(=O)CN1CCOCC1)C(=O)N[C@@H](Cc1ccc(OCc2ccccc2)c(OCc2ccccc2)c1)C(=O)O. The van der Waals surface area contributed by atoms with Crippen molar-refractivity contribution in [3.63, 3.8) is 0 Å². The first-order valence-corrected chi connectivity index (χ1v) is 14.0. The van der Waals surface area contributed by atoms with Gasteiger partial charge in [-0.25, -0.2) is 4.79 Å². The minimum absolute atomic E-state index is 0.0101. The van der Waals surface area contributed by atoms with E-state index in [4.69, 9.17) is 14.2 Å².